The molecule has 1 rings (SSSR count). The average Bonchev–Trinajstić information content (AvgIpc) is 2.27. The van der Waals surface area contributed by atoms with Crippen molar-refractivity contribution in [2.24, 2.45) is 10.7 Å². The molecule has 0 saturated heterocycles. The van der Waals surface area contributed by atoms with E-state index in [0.29, 0.717) is 21.3 Å². The first-order valence-corrected chi connectivity index (χ1v) is 6.73. The van der Waals surface area contributed by atoms with Gasteiger partial charge in [0, 0.05) is 5.54 Å². The largest absolute Gasteiger partial charge is 0.369 e. The number of carbonyl (C=O) groups is 1. The first-order valence-electron chi connectivity index (χ1n) is 5.98. The van der Waals surface area contributed by atoms with Crippen LogP contribution in [0.5, 0.6) is 0 Å². The predicted octanol–water partition coefficient (Wildman–Crippen LogP) is 3.35. The molecular formula is C13H18Cl2N4O. The number of rotatable bonds is 1. The highest BCUT2D eigenvalue weighted by Gasteiger charge is 2.14. The summed E-state index contributed by atoms with van der Waals surface area (Å²) < 4.78 is 0. The van der Waals surface area contributed by atoms with Gasteiger partial charge in [-0.05, 0) is 45.4 Å². The maximum absolute atomic E-state index is 11.6. The molecule has 2 amide bonds. The smallest absolute Gasteiger partial charge is 0.321 e. The fourth-order valence-electron chi connectivity index (χ4n) is 1.41. The van der Waals surface area contributed by atoms with Crippen LogP contribution in [0.3, 0.4) is 0 Å². The van der Waals surface area contributed by atoms with Crippen LogP contribution in [0.4, 0.5) is 10.5 Å². The molecular weight excluding hydrogens is 299 g/mol. The Bertz CT molecular complexity index is 550. The second-order valence-corrected chi connectivity index (χ2v) is 6.12. The Labute approximate surface area is 128 Å². The summed E-state index contributed by atoms with van der Waals surface area (Å²) in [4.78, 5) is 15.7. The third-order valence-electron chi connectivity index (χ3n) is 2.28. The zero-order valence-corrected chi connectivity index (χ0v) is 13.4. The van der Waals surface area contributed by atoms with Gasteiger partial charge in [0.25, 0.3) is 0 Å². The van der Waals surface area contributed by atoms with Crippen LogP contribution in [0, 0.1) is 6.92 Å². The first-order chi connectivity index (χ1) is 9.10. The van der Waals surface area contributed by atoms with Gasteiger partial charge >= 0.3 is 6.03 Å². The maximum Gasteiger partial charge on any atom is 0.321 e. The summed E-state index contributed by atoms with van der Waals surface area (Å²) in [6, 6.07) is 2.88. The van der Waals surface area contributed by atoms with Gasteiger partial charge in [-0.25, -0.2) is 9.79 Å². The van der Waals surface area contributed by atoms with Gasteiger partial charge in [-0.3, -0.25) is 5.32 Å². The first kappa shape index (κ1) is 16.6. The van der Waals surface area contributed by atoms with Gasteiger partial charge in [-0.2, -0.15) is 0 Å². The lowest BCUT2D eigenvalue weighted by Gasteiger charge is -2.20. The fourth-order valence-corrected chi connectivity index (χ4v) is 1.77. The molecule has 1 aromatic carbocycles. The Balaban J connectivity index is 2.85. The Kier molecular flexibility index (Phi) is 5.25. The van der Waals surface area contributed by atoms with Crippen LogP contribution in [0.2, 0.25) is 10.0 Å². The molecule has 0 aliphatic rings. The van der Waals surface area contributed by atoms with Crippen molar-refractivity contribution in [3.63, 3.8) is 0 Å². The van der Waals surface area contributed by atoms with Gasteiger partial charge in [0.15, 0.2) is 0 Å². The molecule has 0 atom stereocenters. The summed E-state index contributed by atoms with van der Waals surface area (Å²) in [6.45, 7) is 7.37. The van der Waals surface area contributed by atoms with Gasteiger partial charge in [0.1, 0.15) is 0 Å². The molecule has 0 aliphatic carbocycles. The molecule has 0 spiro atoms. The Morgan fingerprint density at radius 2 is 1.90 bits per heavy atom. The highest BCUT2D eigenvalue weighted by Crippen LogP contribution is 2.32. The monoisotopic (exact) mass is 316 g/mol. The van der Waals surface area contributed by atoms with Crippen LogP contribution >= 0.6 is 23.2 Å². The van der Waals surface area contributed by atoms with Gasteiger partial charge < -0.3 is 11.1 Å². The maximum atomic E-state index is 11.6. The molecule has 0 unspecified atom stereocenters. The Morgan fingerprint density at radius 1 is 1.30 bits per heavy atom. The fraction of sp³-hybridized carbons (Fsp3) is 0.385. The van der Waals surface area contributed by atoms with Crippen LogP contribution in [0.1, 0.15) is 26.3 Å². The standard InChI is InChI=1S/C13H18Cl2N4O/c1-7-9(6-5-8(14)10(7)15)17-11(16)18-12(20)19-13(2,3)4/h5-6H,1-4H3,(H4,16,17,18,19,20). The zero-order valence-electron chi connectivity index (χ0n) is 11.8. The number of guanidine groups is 1. The molecule has 20 heavy (non-hydrogen) atoms. The quantitative estimate of drug-likeness (QED) is 0.548. The van der Waals surface area contributed by atoms with Crippen molar-refractivity contribution in [1.29, 1.82) is 0 Å². The average molecular weight is 317 g/mol. The molecule has 0 fully saturated rings. The van der Waals surface area contributed by atoms with Crippen molar-refractivity contribution < 1.29 is 4.79 Å². The molecule has 0 aliphatic heterocycles. The SMILES string of the molecule is Cc1c(N=C(N)NC(=O)NC(C)(C)C)ccc(Cl)c1Cl. The molecule has 0 bridgehead atoms. The molecule has 0 radical (unpaired) electrons. The minimum atomic E-state index is -0.420. The molecule has 4 N–H and O–H groups in total. The normalized spacial score (nSPS) is 12.2. The van der Waals surface area contributed by atoms with Crippen LogP contribution in [0.25, 0.3) is 0 Å². The van der Waals surface area contributed by atoms with E-state index >= 15 is 0 Å². The van der Waals surface area contributed by atoms with Crippen molar-refractivity contribution >= 4 is 40.9 Å². The molecule has 0 aromatic heterocycles. The summed E-state index contributed by atoms with van der Waals surface area (Å²) in [7, 11) is 0. The summed E-state index contributed by atoms with van der Waals surface area (Å²) in [5, 5.41) is 6.02. The third-order valence-corrected chi connectivity index (χ3v) is 3.18. The summed E-state index contributed by atoms with van der Waals surface area (Å²) in [6.07, 6.45) is 0. The van der Waals surface area contributed by atoms with E-state index in [9.17, 15) is 4.79 Å². The number of hydrogen-bond donors (Lipinski definition) is 3. The lowest BCUT2D eigenvalue weighted by atomic mass is 10.1. The van der Waals surface area contributed by atoms with E-state index in [0.717, 1.165) is 0 Å². The topological polar surface area (TPSA) is 79.5 Å². The van der Waals surface area contributed by atoms with E-state index in [2.05, 4.69) is 15.6 Å². The summed E-state index contributed by atoms with van der Waals surface area (Å²) in [5.74, 6) is -0.0201. The number of nitrogens with one attached hydrogen (secondary N) is 2. The van der Waals surface area contributed by atoms with Gasteiger partial charge in [0.05, 0.1) is 15.7 Å². The van der Waals surface area contributed by atoms with Gasteiger partial charge in [-0.1, -0.05) is 23.2 Å². The number of hydrogen-bond acceptors (Lipinski definition) is 2. The van der Waals surface area contributed by atoms with E-state index in [-0.39, 0.29) is 11.5 Å². The van der Waals surface area contributed by atoms with E-state index in [4.69, 9.17) is 28.9 Å². The molecule has 110 valence electrons. The van der Waals surface area contributed by atoms with Gasteiger partial charge in [0.2, 0.25) is 5.96 Å². The number of carbonyl (C=O) groups excluding carboxylic acids is 1. The van der Waals surface area contributed by atoms with Crippen LogP contribution < -0.4 is 16.4 Å². The number of nitrogens with zero attached hydrogens (tertiary/aromatic N) is 1. The van der Waals surface area contributed by atoms with Crippen LogP contribution in [0.15, 0.2) is 17.1 Å². The second kappa shape index (κ2) is 6.33. The van der Waals surface area contributed by atoms with Crippen LogP contribution in [-0.4, -0.2) is 17.5 Å². The van der Waals surface area contributed by atoms with Crippen molar-refractivity contribution in [3.05, 3.63) is 27.7 Å². The number of aliphatic imine (C=N–C) groups is 1. The van der Waals surface area contributed by atoms with E-state index in [1.54, 1.807) is 19.1 Å². The van der Waals surface area contributed by atoms with E-state index in [1.807, 2.05) is 20.8 Å². The highest BCUT2D eigenvalue weighted by molar-refractivity contribution is 6.42. The predicted molar refractivity (Wildman–Crippen MR) is 83.9 cm³/mol. The number of amides is 2. The number of nitrogens with two attached hydrogens (primary N) is 1. The second-order valence-electron chi connectivity index (χ2n) is 5.33. The summed E-state index contributed by atoms with van der Waals surface area (Å²) >= 11 is 11.9. The van der Waals surface area contributed by atoms with Crippen molar-refractivity contribution in [1.82, 2.24) is 10.6 Å². The minimum Gasteiger partial charge on any atom is -0.369 e. The molecule has 7 heteroatoms. The van der Waals surface area contributed by atoms with Crippen molar-refractivity contribution in [2.45, 2.75) is 33.2 Å². The van der Waals surface area contributed by atoms with E-state index < -0.39 is 6.03 Å². The van der Waals surface area contributed by atoms with Crippen molar-refractivity contribution in [2.75, 3.05) is 0 Å². The minimum absolute atomic E-state index is 0.0201. The molecule has 0 heterocycles. The Hall–Kier alpha value is -1.46. The molecule has 1 aromatic rings. The number of urea groups is 1. The summed E-state index contributed by atoms with van der Waals surface area (Å²) in [5.41, 5.74) is 6.57. The molecule has 0 saturated carbocycles. The Morgan fingerprint density at radius 3 is 2.45 bits per heavy atom. The van der Waals surface area contributed by atoms with Gasteiger partial charge in [-0.15, -0.1) is 0 Å². The van der Waals surface area contributed by atoms with E-state index in [1.165, 1.54) is 0 Å². The number of benzene rings is 1. The lowest BCUT2D eigenvalue weighted by Crippen LogP contribution is -2.50. The van der Waals surface area contributed by atoms with Crippen molar-refractivity contribution in [3.8, 4) is 0 Å². The van der Waals surface area contributed by atoms with Crippen LogP contribution in [-0.2, 0) is 0 Å². The zero-order chi connectivity index (χ0) is 15.5. The highest BCUT2D eigenvalue weighted by atomic mass is 35.5. The number of halogens is 2. The molecule has 5 nitrogen and oxygen atoms in total. The third kappa shape index (κ3) is 4.90. The lowest BCUT2D eigenvalue weighted by molar-refractivity contribution is 0.236.